The van der Waals surface area contributed by atoms with Gasteiger partial charge in [0.05, 0.1) is 0 Å². The molecule has 0 fully saturated rings. The molecule has 1 unspecified atom stereocenters. The fourth-order valence-electron chi connectivity index (χ4n) is 3.57. The molecule has 0 heterocycles. The molecule has 0 saturated heterocycles. The molecule has 0 bridgehead atoms. The molecule has 0 aromatic heterocycles. The summed E-state index contributed by atoms with van der Waals surface area (Å²) in [5.41, 5.74) is 0. The predicted octanol–water partition coefficient (Wildman–Crippen LogP) is 7.70. The van der Waals surface area contributed by atoms with Gasteiger partial charge in [-0.15, -0.1) is 0 Å². The van der Waals surface area contributed by atoms with Crippen molar-refractivity contribution in [2.45, 2.75) is 124 Å². The van der Waals surface area contributed by atoms with E-state index in [0.29, 0.717) is 6.61 Å². The Bertz CT molecular complexity index is 393. The Morgan fingerprint density at radius 3 is 1.70 bits per heavy atom. The fraction of sp³-hybridized carbons (Fsp3) is 0.913. The molecule has 0 rings (SSSR count). The van der Waals surface area contributed by atoms with Crippen molar-refractivity contribution in [2.24, 2.45) is 0 Å². The van der Waals surface area contributed by atoms with Crippen molar-refractivity contribution in [1.29, 1.82) is 0 Å². The zero-order valence-electron chi connectivity index (χ0n) is 19.9. The molecule has 0 spiro atoms. The molecular weight excluding hydrogens is 455 g/mol. The van der Waals surface area contributed by atoms with Crippen molar-refractivity contribution in [1.82, 2.24) is 0 Å². The van der Waals surface area contributed by atoms with Gasteiger partial charge in [-0.1, -0.05) is 0 Å². The Kier molecular flexibility index (Phi) is 13.4. The van der Waals surface area contributed by atoms with Crippen molar-refractivity contribution in [2.75, 3.05) is 6.61 Å². The van der Waals surface area contributed by atoms with Gasteiger partial charge in [0.15, 0.2) is 0 Å². The molecule has 0 aliphatic carbocycles. The van der Waals surface area contributed by atoms with Crippen LogP contribution < -0.4 is 0 Å². The van der Waals surface area contributed by atoms with Gasteiger partial charge in [-0.3, -0.25) is 0 Å². The summed E-state index contributed by atoms with van der Waals surface area (Å²) in [7, 11) is -1.74. The van der Waals surface area contributed by atoms with E-state index in [9.17, 15) is 5.11 Å². The number of unbranched alkanes of at least 4 members (excludes halogenated alkanes) is 3. The van der Waals surface area contributed by atoms with Gasteiger partial charge in [0.25, 0.3) is 0 Å². The SMILES string of the molecule is C=[C](C(O)CCO[Si](C)(C)C(C)(C)C)[Sn]([CH2]CCC)([CH2]CCC)[CH2]CCC. The second-order valence-electron chi connectivity index (χ2n) is 10.0. The summed E-state index contributed by atoms with van der Waals surface area (Å²) < 4.78 is 11.8. The monoisotopic (exact) mass is 506 g/mol. The first-order valence-corrected chi connectivity index (χ1v) is 21.9. The van der Waals surface area contributed by atoms with Crippen molar-refractivity contribution in [3.8, 4) is 0 Å². The van der Waals surface area contributed by atoms with E-state index in [2.05, 4.69) is 61.2 Å². The molecule has 2 nitrogen and oxygen atoms in total. The van der Waals surface area contributed by atoms with Gasteiger partial charge in [-0.05, 0) is 0 Å². The fourth-order valence-corrected chi connectivity index (χ4v) is 20.8. The summed E-state index contributed by atoms with van der Waals surface area (Å²) in [6.07, 6.45) is 8.10. The zero-order chi connectivity index (χ0) is 21.1. The second-order valence-corrected chi connectivity index (χ2v) is 28.3. The summed E-state index contributed by atoms with van der Waals surface area (Å²) in [6, 6.07) is 0. The normalized spacial score (nSPS) is 14.4. The summed E-state index contributed by atoms with van der Waals surface area (Å²) >= 11 is -2.54. The van der Waals surface area contributed by atoms with Gasteiger partial charge in [0.1, 0.15) is 0 Å². The van der Waals surface area contributed by atoms with Crippen molar-refractivity contribution >= 4 is 26.7 Å². The van der Waals surface area contributed by atoms with E-state index >= 15 is 0 Å². The molecule has 0 aliphatic heterocycles. The second kappa shape index (κ2) is 13.1. The molecule has 0 aromatic carbocycles. The van der Waals surface area contributed by atoms with Crippen LogP contribution in [0.2, 0.25) is 31.4 Å². The van der Waals surface area contributed by atoms with Gasteiger partial charge in [0, 0.05) is 0 Å². The van der Waals surface area contributed by atoms with Crippen LogP contribution in [0.5, 0.6) is 0 Å². The molecule has 0 radical (unpaired) electrons. The standard InChI is InChI=1S/C11H23O2Si.3C4H9.Sn/c1-7-10(12)8-9-13-14(5,6)11(2,3)4;3*1-3-4-2;/h10,12H,1,8-9H2,2-6H3;3*1,3-4H2,2H3;. The number of aliphatic hydroxyl groups is 1. The molecule has 1 N–H and O–H groups in total. The Hall–Kier alpha value is 0.676. The summed E-state index contributed by atoms with van der Waals surface area (Å²) in [6.45, 7) is 23.5. The Labute approximate surface area is 176 Å². The van der Waals surface area contributed by atoms with Gasteiger partial charge in [0.2, 0.25) is 0 Å². The molecule has 0 saturated carbocycles. The van der Waals surface area contributed by atoms with Crippen LogP contribution in [0.3, 0.4) is 0 Å². The third-order valence-electron chi connectivity index (χ3n) is 6.77. The third-order valence-corrected chi connectivity index (χ3v) is 27.4. The molecule has 0 aliphatic rings. The van der Waals surface area contributed by atoms with E-state index < -0.39 is 26.7 Å². The van der Waals surface area contributed by atoms with Crippen LogP contribution in [-0.2, 0) is 4.43 Å². The average Bonchev–Trinajstić information content (AvgIpc) is 2.59. The first-order valence-electron chi connectivity index (χ1n) is 11.5. The van der Waals surface area contributed by atoms with Crippen LogP contribution in [0.25, 0.3) is 0 Å². The summed E-state index contributed by atoms with van der Waals surface area (Å²) in [4.78, 5) is 0. The van der Waals surface area contributed by atoms with Crippen LogP contribution in [-0.4, -0.2) is 44.5 Å². The molecular formula is C23H50O2SiSn. The topological polar surface area (TPSA) is 29.5 Å². The average molecular weight is 505 g/mol. The molecule has 4 heteroatoms. The predicted molar refractivity (Wildman–Crippen MR) is 128 cm³/mol. The van der Waals surface area contributed by atoms with Crippen LogP contribution in [0.1, 0.15) is 86.5 Å². The van der Waals surface area contributed by atoms with E-state index in [1.165, 1.54) is 55.4 Å². The molecule has 27 heavy (non-hydrogen) atoms. The van der Waals surface area contributed by atoms with Gasteiger partial charge >= 0.3 is 177 Å². The summed E-state index contributed by atoms with van der Waals surface area (Å²) in [5, 5.41) is 11.3. The summed E-state index contributed by atoms with van der Waals surface area (Å²) in [5.74, 6) is 0. The van der Waals surface area contributed by atoms with Gasteiger partial charge in [-0.25, -0.2) is 0 Å². The van der Waals surface area contributed by atoms with Crippen LogP contribution in [0.4, 0.5) is 0 Å². The Balaban J connectivity index is 5.10. The number of aliphatic hydroxyl groups excluding tert-OH is 1. The maximum absolute atomic E-state index is 11.0. The van der Waals surface area contributed by atoms with Crippen LogP contribution in [0, 0.1) is 0 Å². The first-order chi connectivity index (χ1) is 12.5. The number of hydrogen-bond donors (Lipinski definition) is 1. The molecule has 0 aromatic rings. The maximum atomic E-state index is 11.0. The third kappa shape index (κ3) is 9.35. The van der Waals surface area contributed by atoms with Crippen molar-refractivity contribution in [3.63, 3.8) is 0 Å². The Morgan fingerprint density at radius 2 is 1.37 bits per heavy atom. The minimum atomic E-state index is -2.54. The van der Waals surface area contributed by atoms with Crippen molar-refractivity contribution in [3.05, 3.63) is 10.2 Å². The number of hydrogen-bond acceptors (Lipinski definition) is 2. The quantitative estimate of drug-likeness (QED) is 0.231. The molecule has 0 amide bonds. The first kappa shape index (κ1) is 27.7. The van der Waals surface area contributed by atoms with Crippen LogP contribution in [0.15, 0.2) is 10.2 Å². The zero-order valence-corrected chi connectivity index (χ0v) is 23.8. The van der Waals surface area contributed by atoms with E-state index in [-0.39, 0.29) is 11.1 Å². The molecule has 1 atom stereocenters. The minimum absolute atomic E-state index is 0.224. The van der Waals surface area contributed by atoms with Crippen molar-refractivity contribution < 1.29 is 9.53 Å². The van der Waals surface area contributed by atoms with Gasteiger partial charge in [-0.2, -0.15) is 0 Å². The van der Waals surface area contributed by atoms with Crippen LogP contribution >= 0.6 is 0 Å². The van der Waals surface area contributed by atoms with E-state index in [1.54, 1.807) is 0 Å². The Morgan fingerprint density at radius 1 is 0.963 bits per heavy atom. The van der Waals surface area contributed by atoms with E-state index in [4.69, 9.17) is 4.43 Å². The van der Waals surface area contributed by atoms with E-state index in [0.717, 1.165) is 6.42 Å². The van der Waals surface area contributed by atoms with Gasteiger partial charge < -0.3 is 0 Å². The number of rotatable bonds is 15. The molecule has 162 valence electrons. The van der Waals surface area contributed by atoms with E-state index in [1.807, 2.05) is 0 Å².